The van der Waals surface area contributed by atoms with E-state index < -0.39 is 0 Å². The Balaban J connectivity index is 3.55. The molecule has 0 heterocycles. The first kappa shape index (κ1) is 18.4. The molecule has 0 aromatic heterocycles. The number of hydrogen-bond acceptors (Lipinski definition) is 5. The molecule has 0 saturated carbocycles. The molecule has 0 bridgehead atoms. The van der Waals surface area contributed by atoms with Gasteiger partial charge in [-0.05, 0) is 25.8 Å². The van der Waals surface area contributed by atoms with Crippen LogP contribution < -0.4 is 5.32 Å². The lowest BCUT2D eigenvalue weighted by molar-refractivity contribution is -0.143. The largest absolute Gasteiger partial charge is 0.468 e. The minimum absolute atomic E-state index is 0.162. The van der Waals surface area contributed by atoms with Crippen molar-refractivity contribution in [3.8, 4) is 0 Å². The highest BCUT2D eigenvalue weighted by Crippen LogP contribution is 2.03. The first-order chi connectivity index (χ1) is 9.26. The topological polar surface area (TPSA) is 56.8 Å². The monoisotopic (exact) mass is 275 g/mol. The Morgan fingerprint density at radius 3 is 2.53 bits per heavy atom. The van der Waals surface area contributed by atoms with E-state index in [0.29, 0.717) is 13.2 Å². The zero-order valence-electron chi connectivity index (χ0n) is 12.6. The minimum atomic E-state index is -0.167. The second kappa shape index (κ2) is 13.8. The Morgan fingerprint density at radius 1 is 1.11 bits per heavy atom. The highest BCUT2D eigenvalue weighted by Gasteiger charge is 2.16. The Morgan fingerprint density at radius 2 is 1.89 bits per heavy atom. The molecule has 1 atom stereocenters. The molecule has 0 spiro atoms. The molecule has 0 aliphatic rings. The van der Waals surface area contributed by atoms with Crippen molar-refractivity contribution in [1.29, 1.82) is 0 Å². The third kappa shape index (κ3) is 10.9. The average molecular weight is 275 g/mol. The summed E-state index contributed by atoms with van der Waals surface area (Å²) in [5.74, 6) is -0.162. The highest BCUT2D eigenvalue weighted by atomic mass is 16.5. The molecular weight excluding hydrogens is 246 g/mol. The number of ether oxygens (including phenoxy) is 3. The number of nitrogens with one attached hydrogen (secondary N) is 1. The van der Waals surface area contributed by atoms with E-state index in [4.69, 9.17) is 14.2 Å². The summed E-state index contributed by atoms with van der Waals surface area (Å²) in [5, 5.41) is 3.25. The third-order valence-corrected chi connectivity index (χ3v) is 2.87. The Bertz CT molecular complexity index is 212. The molecule has 1 unspecified atom stereocenters. The molecule has 5 nitrogen and oxygen atoms in total. The highest BCUT2D eigenvalue weighted by molar-refractivity contribution is 5.75. The van der Waals surface area contributed by atoms with Crippen LogP contribution >= 0.6 is 0 Å². The van der Waals surface area contributed by atoms with Crippen molar-refractivity contribution in [2.45, 2.75) is 45.1 Å². The predicted molar refractivity (Wildman–Crippen MR) is 75.3 cm³/mol. The van der Waals surface area contributed by atoms with Gasteiger partial charge in [-0.2, -0.15) is 0 Å². The molecule has 0 fully saturated rings. The van der Waals surface area contributed by atoms with E-state index in [-0.39, 0.29) is 12.0 Å². The van der Waals surface area contributed by atoms with Gasteiger partial charge in [0, 0.05) is 13.7 Å². The molecule has 5 heteroatoms. The van der Waals surface area contributed by atoms with Gasteiger partial charge in [0.1, 0.15) is 6.04 Å². The molecule has 0 aliphatic heterocycles. The van der Waals surface area contributed by atoms with E-state index in [2.05, 4.69) is 12.2 Å². The lowest BCUT2D eigenvalue weighted by Crippen LogP contribution is -2.38. The van der Waals surface area contributed by atoms with Crippen LogP contribution in [0.2, 0.25) is 0 Å². The van der Waals surface area contributed by atoms with Crippen LogP contribution in [0.4, 0.5) is 0 Å². The van der Waals surface area contributed by atoms with E-state index >= 15 is 0 Å². The van der Waals surface area contributed by atoms with Crippen LogP contribution in [0, 0.1) is 0 Å². The SMILES string of the molecule is CCCCC(NCCCCOCCOC)C(=O)OC. The van der Waals surface area contributed by atoms with Crippen LogP contribution in [0.3, 0.4) is 0 Å². The van der Waals surface area contributed by atoms with Gasteiger partial charge in [0.05, 0.1) is 20.3 Å². The first-order valence-electron chi connectivity index (χ1n) is 7.14. The van der Waals surface area contributed by atoms with E-state index in [1.54, 1.807) is 7.11 Å². The summed E-state index contributed by atoms with van der Waals surface area (Å²) in [6.07, 6.45) is 4.94. The number of hydrogen-bond donors (Lipinski definition) is 1. The zero-order valence-corrected chi connectivity index (χ0v) is 12.6. The molecule has 0 aliphatic carbocycles. The van der Waals surface area contributed by atoms with Gasteiger partial charge in [-0.15, -0.1) is 0 Å². The predicted octanol–water partition coefficient (Wildman–Crippen LogP) is 1.75. The Labute approximate surface area is 117 Å². The maximum atomic E-state index is 11.5. The summed E-state index contributed by atoms with van der Waals surface area (Å²) >= 11 is 0. The van der Waals surface area contributed by atoms with E-state index in [1.165, 1.54) is 7.11 Å². The summed E-state index contributed by atoms with van der Waals surface area (Å²) in [7, 11) is 3.10. The molecule has 19 heavy (non-hydrogen) atoms. The second-order valence-corrected chi connectivity index (χ2v) is 4.48. The molecule has 0 aromatic carbocycles. The summed E-state index contributed by atoms with van der Waals surface area (Å²) in [5.41, 5.74) is 0. The van der Waals surface area contributed by atoms with Gasteiger partial charge in [-0.3, -0.25) is 4.79 Å². The van der Waals surface area contributed by atoms with Crippen LogP contribution in [-0.4, -0.2) is 52.6 Å². The molecule has 0 radical (unpaired) electrons. The van der Waals surface area contributed by atoms with Crippen LogP contribution in [0.5, 0.6) is 0 Å². The number of methoxy groups -OCH3 is 2. The van der Waals surface area contributed by atoms with Crippen molar-refractivity contribution in [2.75, 3.05) is 40.6 Å². The molecule has 114 valence electrons. The Kier molecular flexibility index (Phi) is 13.3. The standard InChI is InChI=1S/C14H29NO4/c1-4-5-8-13(14(16)18-3)15-9-6-7-10-19-12-11-17-2/h13,15H,4-12H2,1-3H3. The van der Waals surface area contributed by atoms with Crippen molar-refractivity contribution in [1.82, 2.24) is 5.32 Å². The fourth-order valence-electron chi connectivity index (χ4n) is 1.70. The van der Waals surface area contributed by atoms with Crippen LogP contribution in [-0.2, 0) is 19.0 Å². The maximum Gasteiger partial charge on any atom is 0.322 e. The summed E-state index contributed by atoms with van der Waals surface area (Å²) in [4.78, 5) is 11.5. The van der Waals surface area contributed by atoms with Crippen molar-refractivity contribution >= 4 is 5.97 Å². The molecule has 0 aromatic rings. The number of esters is 1. The van der Waals surface area contributed by atoms with E-state index in [9.17, 15) is 4.79 Å². The molecule has 0 amide bonds. The van der Waals surface area contributed by atoms with Crippen LogP contribution in [0.25, 0.3) is 0 Å². The van der Waals surface area contributed by atoms with Gasteiger partial charge in [0.15, 0.2) is 0 Å². The number of unbranched alkanes of at least 4 members (excludes halogenated alkanes) is 2. The summed E-state index contributed by atoms with van der Waals surface area (Å²) < 4.78 is 15.1. The average Bonchev–Trinajstić information content (AvgIpc) is 2.44. The lowest BCUT2D eigenvalue weighted by atomic mass is 10.1. The molecule has 0 saturated heterocycles. The lowest BCUT2D eigenvalue weighted by Gasteiger charge is -2.16. The minimum Gasteiger partial charge on any atom is -0.468 e. The normalized spacial score (nSPS) is 12.4. The third-order valence-electron chi connectivity index (χ3n) is 2.87. The molecular formula is C14H29NO4. The maximum absolute atomic E-state index is 11.5. The van der Waals surface area contributed by atoms with Crippen molar-refractivity contribution in [2.24, 2.45) is 0 Å². The zero-order chi connectivity index (χ0) is 14.3. The molecule has 0 rings (SSSR count). The smallest absolute Gasteiger partial charge is 0.322 e. The summed E-state index contributed by atoms with van der Waals surface area (Å²) in [6.45, 7) is 4.95. The second-order valence-electron chi connectivity index (χ2n) is 4.48. The van der Waals surface area contributed by atoms with Crippen molar-refractivity contribution < 1.29 is 19.0 Å². The van der Waals surface area contributed by atoms with Gasteiger partial charge >= 0.3 is 5.97 Å². The van der Waals surface area contributed by atoms with Gasteiger partial charge in [0.2, 0.25) is 0 Å². The van der Waals surface area contributed by atoms with E-state index in [1.807, 2.05) is 0 Å². The number of rotatable bonds is 13. The van der Waals surface area contributed by atoms with Crippen molar-refractivity contribution in [3.05, 3.63) is 0 Å². The van der Waals surface area contributed by atoms with Crippen LogP contribution in [0.1, 0.15) is 39.0 Å². The van der Waals surface area contributed by atoms with Gasteiger partial charge < -0.3 is 19.5 Å². The van der Waals surface area contributed by atoms with Crippen molar-refractivity contribution in [3.63, 3.8) is 0 Å². The van der Waals surface area contributed by atoms with Gasteiger partial charge in [-0.1, -0.05) is 19.8 Å². The molecule has 1 N–H and O–H groups in total. The number of carbonyl (C=O) groups excluding carboxylic acids is 1. The Hall–Kier alpha value is -0.650. The van der Waals surface area contributed by atoms with Gasteiger partial charge in [0.25, 0.3) is 0 Å². The van der Waals surface area contributed by atoms with Crippen LogP contribution in [0.15, 0.2) is 0 Å². The number of carbonyl (C=O) groups is 1. The van der Waals surface area contributed by atoms with E-state index in [0.717, 1.165) is 45.3 Å². The fourth-order valence-corrected chi connectivity index (χ4v) is 1.70. The first-order valence-corrected chi connectivity index (χ1v) is 7.14. The quantitative estimate of drug-likeness (QED) is 0.410. The fraction of sp³-hybridized carbons (Fsp3) is 0.929. The van der Waals surface area contributed by atoms with Gasteiger partial charge in [-0.25, -0.2) is 0 Å². The summed E-state index contributed by atoms with van der Waals surface area (Å²) in [6, 6.07) is -0.167.